The summed E-state index contributed by atoms with van der Waals surface area (Å²) in [6.45, 7) is 5.02. The molecule has 38 heavy (non-hydrogen) atoms. The molecule has 1 fully saturated rings. The van der Waals surface area contributed by atoms with Crippen LogP contribution in [0.3, 0.4) is 0 Å². The Bertz CT molecular complexity index is 966. The van der Waals surface area contributed by atoms with Gasteiger partial charge in [-0.05, 0) is 67.1 Å². The van der Waals surface area contributed by atoms with Crippen LogP contribution >= 0.6 is 0 Å². The highest BCUT2D eigenvalue weighted by atomic mass is 16.5. The number of unbranched alkanes of at least 4 members (excludes halogenated alkanes) is 6. The summed E-state index contributed by atoms with van der Waals surface area (Å²) in [5, 5.41) is 0. The smallest absolute Gasteiger partial charge is 0.254 e. The van der Waals surface area contributed by atoms with Crippen molar-refractivity contribution < 1.29 is 19.1 Å². The first-order valence-electron chi connectivity index (χ1n) is 14.4. The zero-order chi connectivity index (χ0) is 27.2. The molecule has 2 aromatic rings. The van der Waals surface area contributed by atoms with E-state index in [9.17, 15) is 9.59 Å². The normalized spacial score (nSPS) is 13.8. The topological polar surface area (TPSA) is 59.1 Å². The first-order valence-corrected chi connectivity index (χ1v) is 14.4. The fraction of sp³-hybridized carbons (Fsp3) is 0.562. The van der Waals surface area contributed by atoms with Crippen LogP contribution in [0.15, 0.2) is 48.5 Å². The Morgan fingerprint density at radius 3 is 1.95 bits per heavy atom. The quantitative estimate of drug-likeness (QED) is 0.244. The van der Waals surface area contributed by atoms with Crippen molar-refractivity contribution in [2.24, 2.45) is 5.92 Å². The Morgan fingerprint density at radius 2 is 1.37 bits per heavy atom. The van der Waals surface area contributed by atoms with E-state index in [1.807, 2.05) is 58.3 Å². The van der Waals surface area contributed by atoms with E-state index in [1.165, 1.54) is 32.1 Å². The third kappa shape index (κ3) is 9.38. The van der Waals surface area contributed by atoms with Gasteiger partial charge in [-0.1, -0.05) is 57.6 Å². The molecular weight excluding hydrogens is 476 g/mol. The molecule has 0 N–H and O–H groups in total. The number of piperidine rings is 1. The number of methoxy groups -OCH3 is 2. The minimum Gasteiger partial charge on any atom is -0.497 e. The molecule has 0 aromatic heterocycles. The lowest BCUT2D eigenvalue weighted by atomic mass is 9.95. The summed E-state index contributed by atoms with van der Waals surface area (Å²) in [5.74, 6) is 2.22. The van der Waals surface area contributed by atoms with Crippen LogP contribution in [0.25, 0.3) is 0 Å². The van der Waals surface area contributed by atoms with E-state index >= 15 is 0 Å². The summed E-state index contributed by atoms with van der Waals surface area (Å²) >= 11 is 0. The Kier molecular flexibility index (Phi) is 12.5. The molecule has 1 heterocycles. The predicted octanol–water partition coefficient (Wildman–Crippen LogP) is 6.73. The second-order valence-electron chi connectivity index (χ2n) is 10.5. The number of carbonyl (C=O) groups is 2. The molecule has 6 nitrogen and oxygen atoms in total. The molecule has 208 valence electrons. The van der Waals surface area contributed by atoms with E-state index in [0.717, 1.165) is 55.8 Å². The summed E-state index contributed by atoms with van der Waals surface area (Å²) < 4.78 is 10.5. The standard InChI is InChI=1S/C32H46N2O4/c1-4-5-6-7-8-9-10-11-31(35)33-22-20-27(21-23-33)25-34(24-26-12-16-29(37-2)17-13-26)32(36)28-14-18-30(38-3)19-15-28/h12-19,27H,4-11,20-25H2,1-3H3. The molecule has 1 aliphatic rings. The van der Waals surface area contributed by atoms with E-state index in [-0.39, 0.29) is 5.91 Å². The first-order chi connectivity index (χ1) is 18.5. The van der Waals surface area contributed by atoms with Gasteiger partial charge in [0.15, 0.2) is 0 Å². The van der Waals surface area contributed by atoms with Gasteiger partial charge in [0, 0.05) is 38.2 Å². The zero-order valence-electron chi connectivity index (χ0n) is 23.6. The lowest BCUT2D eigenvalue weighted by Crippen LogP contribution is -2.42. The molecule has 3 rings (SSSR count). The molecule has 0 atom stereocenters. The zero-order valence-corrected chi connectivity index (χ0v) is 23.6. The Morgan fingerprint density at radius 1 is 0.816 bits per heavy atom. The Hall–Kier alpha value is -3.02. The van der Waals surface area contributed by atoms with Crippen LogP contribution in [0, 0.1) is 5.92 Å². The summed E-state index contributed by atoms with van der Waals surface area (Å²) in [7, 11) is 3.28. The minimum absolute atomic E-state index is 0.0147. The van der Waals surface area contributed by atoms with Crippen LogP contribution in [-0.2, 0) is 11.3 Å². The number of carbonyl (C=O) groups excluding carboxylic acids is 2. The Labute approximate surface area is 229 Å². The van der Waals surface area contributed by atoms with Crippen molar-refractivity contribution in [3.05, 3.63) is 59.7 Å². The number of benzene rings is 2. The number of rotatable bonds is 15. The molecule has 1 saturated heterocycles. The molecule has 2 aromatic carbocycles. The maximum atomic E-state index is 13.5. The minimum atomic E-state index is 0.0147. The van der Waals surface area contributed by atoms with E-state index < -0.39 is 0 Å². The van der Waals surface area contributed by atoms with Crippen molar-refractivity contribution in [2.75, 3.05) is 33.9 Å². The number of ether oxygens (including phenoxy) is 2. The van der Waals surface area contributed by atoms with E-state index in [4.69, 9.17) is 9.47 Å². The second-order valence-corrected chi connectivity index (χ2v) is 10.5. The fourth-order valence-corrected chi connectivity index (χ4v) is 5.15. The van der Waals surface area contributed by atoms with Gasteiger partial charge in [0.25, 0.3) is 5.91 Å². The van der Waals surface area contributed by atoms with E-state index in [2.05, 4.69) is 6.92 Å². The molecule has 0 spiro atoms. The van der Waals surface area contributed by atoms with Gasteiger partial charge in [-0.15, -0.1) is 0 Å². The van der Waals surface area contributed by atoms with Crippen LogP contribution in [-0.4, -0.2) is 55.5 Å². The number of hydrogen-bond acceptors (Lipinski definition) is 4. The van der Waals surface area contributed by atoms with Gasteiger partial charge in [0.1, 0.15) is 11.5 Å². The SMILES string of the molecule is CCCCCCCCCC(=O)N1CCC(CN(Cc2ccc(OC)cc2)C(=O)c2ccc(OC)cc2)CC1. The van der Waals surface area contributed by atoms with Gasteiger partial charge in [0.2, 0.25) is 5.91 Å². The molecule has 0 aliphatic carbocycles. The van der Waals surface area contributed by atoms with Gasteiger partial charge >= 0.3 is 0 Å². The van der Waals surface area contributed by atoms with Crippen molar-refractivity contribution in [3.63, 3.8) is 0 Å². The highest BCUT2D eigenvalue weighted by Crippen LogP contribution is 2.23. The molecule has 0 saturated carbocycles. The number of nitrogens with zero attached hydrogens (tertiary/aromatic N) is 2. The van der Waals surface area contributed by atoms with E-state index in [0.29, 0.717) is 36.9 Å². The molecule has 0 radical (unpaired) electrons. The molecule has 0 bridgehead atoms. The van der Waals surface area contributed by atoms with Crippen LogP contribution in [0.5, 0.6) is 11.5 Å². The van der Waals surface area contributed by atoms with Crippen LogP contribution in [0.4, 0.5) is 0 Å². The summed E-state index contributed by atoms with van der Waals surface area (Å²) in [6.07, 6.45) is 11.1. The first kappa shape index (κ1) is 29.5. The van der Waals surface area contributed by atoms with Crippen LogP contribution in [0.1, 0.15) is 87.1 Å². The third-order valence-electron chi connectivity index (χ3n) is 7.60. The van der Waals surface area contributed by atoms with Gasteiger partial charge in [0.05, 0.1) is 14.2 Å². The average Bonchev–Trinajstić information content (AvgIpc) is 2.96. The summed E-state index contributed by atoms with van der Waals surface area (Å²) in [5.41, 5.74) is 1.72. The molecule has 1 aliphatic heterocycles. The number of amides is 2. The predicted molar refractivity (Wildman–Crippen MR) is 153 cm³/mol. The van der Waals surface area contributed by atoms with Gasteiger partial charge in [-0.3, -0.25) is 9.59 Å². The lowest BCUT2D eigenvalue weighted by molar-refractivity contribution is -0.132. The summed E-state index contributed by atoms with van der Waals surface area (Å²) in [6, 6.07) is 15.2. The van der Waals surface area contributed by atoms with Gasteiger partial charge in [-0.25, -0.2) is 0 Å². The van der Waals surface area contributed by atoms with Crippen LogP contribution < -0.4 is 9.47 Å². The van der Waals surface area contributed by atoms with Gasteiger partial charge in [-0.2, -0.15) is 0 Å². The second kappa shape index (κ2) is 16.1. The highest BCUT2D eigenvalue weighted by molar-refractivity contribution is 5.94. The number of hydrogen-bond donors (Lipinski definition) is 0. The highest BCUT2D eigenvalue weighted by Gasteiger charge is 2.26. The molecule has 0 unspecified atom stereocenters. The third-order valence-corrected chi connectivity index (χ3v) is 7.60. The van der Waals surface area contributed by atoms with Crippen molar-refractivity contribution in [2.45, 2.75) is 77.7 Å². The maximum absolute atomic E-state index is 13.5. The molecular formula is C32H46N2O4. The van der Waals surface area contributed by atoms with Crippen LogP contribution in [0.2, 0.25) is 0 Å². The number of likely N-dealkylation sites (tertiary alicyclic amines) is 1. The monoisotopic (exact) mass is 522 g/mol. The fourth-order valence-electron chi connectivity index (χ4n) is 5.15. The maximum Gasteiger partial charge on any atom is 0.254 e. The molecule has 6 heteroatoms. The summed E-state index contributed by atoms with van der Waals surface area (Å²) in [4.78, 5) is 30.3. The average molecular weight is 523 g/mol. The van der Waals surface area contributed by atoms with Crippen molar-refractivity contribution >= 4 is 11.8 Å². The Balaban J connectivity index is 1.53. The van der Waals surface area contributed by atoms with Crippen molar-refractivity contribution in [1.82, 2.24) is 9.80 Å². The van der Waals surface area contributed by atoms with E-state index in [1.54, 1.807) is 14.2 Å². The molecule has 2 amide bonds. The largest absolute Gasteiger partial charge is 0.497 e. The lowest BCUT2D eigenvalue weighted by Gasteiger charge is -2.35. The van der Waals surface area contributed by atoms with Crippen molar-refractivity contribution in [1.29, 1.82) is 0 Å². The van der Waals surface area contributed by atoms with Crippen molar-refractivity contribution in [3.8, 4) is 11.5 Å². The van der Waals surface area contributed by atoms with Gasteiger partial charge < -0.3 is 19.3 Å².